The van der Waals surface area contributed by atoms with Gasteiger partial charge in [-0.15, -0.1) is 0 Å². The molecular formula is C14H12ClNO2. The second kappa shape index (κ2) is 4.78. The Bertz CT molecular complexity index is 571. The highest BCUT2D eigenvalue weighted by atomic mass is 35.5. The third kappa shape index (κ3) is 2.22. The Kier molecular flexibility index (Phi) is 2.99. The van der Waals surface area contributed by atoms with Crippen molar-refractivity contribution in [1.29, 1.82) is 0 Å². The number of anilines is 1. The van der Waals surface area contributed by atoms with Crippen LogP contribution in [0.2, 0.25) is 5.02 Å². The largest absolute Gasteiger partial charge is 0.454 e. The Morgan fingerprint density at radius 3 is 2.78 bits per heavy atom. The summed E-state index contributed by atoms with van der Waals surface area (Å²) in [5.41, 5.74) is 2.05. The molecule has 0 spiro atoms. The van der Waals surface area contributed by atoms with Gasteiger partial charge in [0.2, 0.25) is 6.79 Å². The fourth-order valence-corrected chi connectivity index (χ4v) is 2.05. The van der Waals surface area contributed by atoms with Crippen molar-refractivity contribution in [3.05, 3.63) is 53.1 Å². The maximum Gasteiger partial charge on any atom is 0.231 e. The maximum atomic E-state index is 6.10. The second-order valence-corrected chi connectivity index (χ2v) is 4.42. The lowest BCUT2D eigenvalue weighted by atomic mass is 10.2. The normalized spacial score (nSPS) is 12.5. The van der Waals surface area contributed by atoms with Crippen molar-refractivity contribution in [2.75, 3.05) is 12.1 Å². The number of hydrogen-bond acceptors (Lipinski definition) is 3. The monoisotopic (exact) mass is 261 g/mol. The van der Waals surface area contributed by atoms with Crippen LogP contribution in [0.25, 0.3) is 0 Å². The molecule has 0 saturated carbocycles. The van der Waals surface area contributed by atoms with Crippen molar-refractivity contribution in [2.24, 2.45) is 0 Å². The van der Waals surface area contributed by atoms with E-state index in [1.54, 1.807) is 0 Å². The number of ether oxygens (including phenoxy) is 2. The first-order chi connectivity index (χ1) is 8.83. The van der Waals surface area contributed by atoms with E-state index >= 15 is 0 Å². The highest BCUT2D eigenvalue weighted by Crippen LogP contribution is 2.34. The molecule has 1 N–H and O–H groups in total. The lowest BCUT2D eigenvalue weighted by molar-refractivity contribution is 0.174. The molecule has 1 aliphatic heterocycles. The molecule has 0 radical (unpaired) electrons. The standard InChI is InChI=1S/C14H12ClNO2/c15-12-4-2-1-3-10(12)8-16-11-5-6-13-14(7-11)18-9-17-13/h1-7,16H,8-9H2. The zero-order valence-corrected chi connectivity index (χ0v) is 10.4. The molecule has 92 valence electrons. The van der Waals surface area contributed by atoms with Gasteiger partial charge in [-0.05, 0) is 23.8 Å². The van der Waals surface area contributed by atoms with Crippen molar-refractivity contribution in [3.8, 4) is 11.5 Å². The van der Waals surface area contributed by atoms with Crippen molar-refractivity contribution in [3.63, 3.8) is 0 Å². The summed E-state index contributed by atoms with van der Waals surface area (Å²) in [7, 11) is 0. The van der Waals surface area contributed by atoms with Gasteiger partial charge < -0.3 is 14.8 Å². The maximum absolute atomic E-state index is 6.10. The van der Waals surface area contributed by atoms with Crippen LogP contribution < -0.4 is 14.8 Å². The molecule has 2 aromatic carbocycles. The summed E-state index contributed by atoms with van der Waals surface area (Å²) < 4.78 is 10.6. The SMILES string of the molecule is Clc1ccccc1CNc1ccc2c(c1)OCO2. The highest BCUT2D eigenvalue weighted by molar-refractivity contribution is 6.31. The van der Waals surface area contributed by atoms with E-state index < -0.39 is 0 Å². The van der Waals surface area contributed by atoms with E-state index in [0.29, 0.717) is 13.3 Å². The molecule has 0 aromatic heterocycles. The van der Waals surface area contributed by atoms with Gasteiger partial charge in [0, 0.05) is 23.3 Å². The number of benzene rings is 2. The summed E-state index contributed by atoms with van der Waals surface area (Å²) in [5.74, 6) is 1.57. The summed E-state index contributed by atoms with van der Waals surface area (Å²) in [6, 6.07) is 13.6. The van der Waals surface area contributed by atoms with Crippen molar-refractivity contribution >= 4 is 17.3 Å². The van der Waals surface area contributed by atoms with Crippen LogP contribution in [-0.2, 0) is 6.54 Å². The first-order valence-corrected chi connectivity index (χ1v) is 6.08. The van der Waals surface area contributed by atoms with Crippen LogP contribution in [0, 0.1) is 0 Å². The quantitative estimate of drug-likeness (QED) is 0.914. The molecule has 18 heavy (non-hydrogen) atoms. The summed E-state index contributed by atoms with van der Waals surface area (Å²) in [5, 5.41) is 4.08. The van der Waals surface area contributed by atoms with Gasteiger partial charge in [-0.25, -0.2) is 0 Å². The van der Waals surface area contributed by atoms with Gasteiger partial charge in [0.25, 0.3) is 0 Å². The summed E-state index contributed by atoms with van der Waals surface area (Å²) in [6.07, 6.45) is 0. The van der Waals surface area contributed by atoms with Gasteiger partial charge in [0.1, 0.15) is 0 Å². The Hall–Kier alpha value is -1.87. The van der Waals surface area contributed by atoms with E-state index in [-0.39, 0.29) is 0 Å². The zero-order chi connectivity index (χ0) is 12.4. The van der Waals surface area contributed by atoms with Crippen LogP contribution in [0.5, 0.6) is 11.5 Å². The van der Waals surface area contributed by atoms with Crippen LogP contribution in [0.15, 0.2) is 42.5 Å². The molecule has 0 bridgehead atoms. The lowest BCUT2D eigenvalue weighted by Crippen LogP contribution is -1.99. The average molecular weight is 262 g/mol. The molecule has 0 amide bonds. The molecule has 0 atom stereocenters. The summed E-state index contributed by atoms with van der Waals surface area (Å²) in [4.78, 5) is 0. The minimum Gasteiger partial charge on any atom is -0.454 e. The zero-order valence-electron chi connectivity index (χ0n) is 9.65. The highest BCUT2D eigenvalue weighted by Gasteiger charge is 2.12. The Labute approximate surface area is 110 Å². The van der Waals surface area contributed by atoms with E-state index in [0.717, 1.165) is 27.8 Å². The van der Waals surface area contributed by atoms with Gasteiger partial charge in [0.15, 0.2) is 11.5 Å². The van der Waals surface area contributed by atoms with Gasteiger partial charge in [-0.2, -0.15) is 0 Å². The molecule has 3 nitrogen and oxygen atoms in total. The van der Waals surface area contributed by atoms with Gasteiger partial charge in [-0.3, -0.25) is 0 Å². The lowest BCUT2D eigenvalue weighted by Gasteiger charge is -2.08. The van der Waals surface area contributed by atoms with E-state index in [9.17, 15) is 0 Å². The number of rotatable bonds is 3. The van der Waals surface area contributed by atoms with Gasteiger partial charge >= 0.3 is 0 Å². The van der Waals surface area contributed by atoms with E-state index in [4.69, 9.17) is 21.1 Å². The van der Waals surface area contributed by atoms with Crippen molar-refractivity contribution < 1.29 is 9.47 Å². The molecule has 0 unspecified atom stereocenters. The third-order valence-electron chi connectivity index (χ3n) is 2.81. The van der Waals surface area contributed by atoms with Gasteiger partial charge in [0.05, 0.1) is 0 Å². The van der Waals surface area contributed by atoms with E-state index in [1.807, 2.05) is 42.5 Å². The van der Waals surface area contributed by atoms with Crippen LogP contribution in [0.4, 0.5) is 5.69 Å². The first kappa shape index (κ1) is 11.2. The van der Waals surface area contributed by atoms with E-state index in [1.165, 1.54) is 0 Å². The molecule has 1 heterocycles. The number of halogens is 1. The van der Waals surface area contributed by atoms with Crippen molar-refractivity contribution in [1.82, 2.24) is 0 Å². The molecule has 2 aromatic rings. The smallest absolute Gasteiger partial charge is 0.231 e. The third-order valence-corrected chi connectivity index (χ3v) is 3.18. The predicted molar refractivity (Wildman–Crippen MR) is 71.3 cm³/mol. The predicted octanol–water partition coefficient (Wildman–Crippen LogP) is 3.68. The first-order valence-electron chi connectivity index (χ1n) is 5.70. The molecule has 0 fully saturated rings. The van der Waals surface area contributed by atoms with Crippen LogP contribution in [0.1, 0.15) is 5.56 Å². The summed E-state index contributed by atoms with van der Waals surface area (Å²) in [6.45, 7) is 0.975. The summed E-state index contributed by atoms with van der Waals surface area (Å²) >= 11 is 6.10. The minimum absolute atomic E-state index is 0.295. The minimum atomic E-state index is 0.295. The molecule has 0 saturated heterocycles. The number of hydrogen-bond donors (Lipinski definition) is 1. The molecule has 0 aliphatic carbocycles. The Morgan fingerprint density at radius 1 is 1.06 bits per heavy atom. The fourth-order valence-electron chi connectivity index (χ4n) is 1.85. The van der Waals surface area contributed by atoms with Crippen LogP contribution >= 0.6 is 11.6 Å². The van der Waals surface area contributed by atoms with Crippen LogP contribution in [0.3, 0.4) is 0 Å². The van der Waals surface area contributed by atoms with E-state index in [2.05, 4.69) is 5.32 Å². The Balaban J connectivity index is 1.72. The average Bonchev–Trinajstić information content (AvgIpc) is 2.85. The molecule has 4 heteroatoms. The fraction of sp³-hybridized carbons (Fsp3) is 0.143. The molecule has 3 rings (SSSR count). The molecule has 1 aliphatic rings. The van der Waals surface area contributed by atoms with Crippen molar-refractivity contribution in [2.45, 2.75) is 6.54 Å². The van der Waals surface area contributed by atoms with Gasteiger partial charge in [-0.1, -0.05) is 29.8 Å². The number of fused-ring (bicyclic) bond motifs is 1. The van der Waals surface area contributed by atoms with Crippen LogP contribution in [-0.4, -0.2) is 6.79 Å². The second-order valence-electron chi connectivity index (χ2n) is 4.01. The number of nitrogens with one attached hydrogen (secondary N) is 1. The molecular weight excluding hydrogens is 250 g/mol. The Morgan fingerprint density at radius 2 is 1.89 bits per heavy atom. The topological polar surface area (TPSA) is 30.5 Å².